The molecule has 0 aliphatic rings. The molecule has 0 amide bonds. The lowest BCUT2D eigenvalue weighted by Gasteiger charge is -2.10. The molecule has 0 spiro atoms. The highest BCUT2D eigenvalue weighted by Crippen LogP contribution is 2.12. The van der Waals surface area contributed by atoms with Crippen molar-refractivity contribution in [1.29, 1.82) is 0 Å². The van der Waals surface area contributed by atoms with Crippen molar-refractivity contribution >= 4 is 15.7 Å². The fourth-order valence-corrected chi connectivity index (χ4v) is 1.69. The highest BCUT2D eigenvalue weighted by molar-refractivity contribution is 7.93. The van der Waals surface area contributed by atoms with E-state index >= 15 is 0 Å². The molecule has 0 atom stereocenters. The molecule has 1 rings (SSSR count). The Morgan fingerprint density at radius 2 is 1.80 bits per heavy atom. The van der Waals surface area contributed by atoms with Gasteiger partial charge in [0.05, 0.1) is 5.25 Å². The van der Waals surface area contributed by atoms with Gasteiger partial charge >= 0.3 is 0 Å². The van der Waals surface area contributed by atoms with Gasteiger partial charge in [-0.3, -0.25) is 4.72 Å². The van der Waals surface area contributed by atoms with E-state index < -0.39 is 15.3 Å². The Hall–Kier alpha value is -1.07. The van der Waals surface area contributed by atoms with E-state index in [4.69, 9.17) is 5.73 Å². The average Bonchev–Trinajstić information content (AvgIpc) is 2.18. The van der Waals surface area contributed by atoms with Gasteiger partial charge in [0, 0.05) is 12.2 Å². The van der Waals surface area contributed by atoms with Crippen LogP contribution in [0.3, 0.4) is 0 Å². The topological polar surface area (TPSA) is 72.2 Å². The monoisotopic (exact) mass is 228 g/mol. The van der Waals surface area contributed by atoms with Gasteiger partial charge in [-0.1, -0.05) is 12.1 Å². The Morgan fingerprint density at radius 1 is 1.27 bits per heavy atom. The summed E-state index contributed by atoms with van der Waals surface area (Å²) < 4.78 is 25.5. The molecule has 84 valence electrons. The molecular formula is C10H16N2O2S. The number of hydrogen-bond acceptors (Lipinski definition) is 3. The predicted octanol–water partition coefficient (Wildman–Crippen LogP) is 1.30. The van der Waals surface area contributed by atoms with Crippen molar-refractivity contribution in [3.63, 3.8) is 0 Å². The van der Waals surface area contributed by atoms with E-state index in [1.807, 2.05) is 0 Å². The SMILES string of the molecule is CC(C)S(=O)(=O)Nc1ccc(CN)cc1. The third-order valence-electron chi connectivity index (χ3n) is 2.07. The minimum Gasteiger partial charge on any atom is -0.326 e. The summed E-state index contributed by atoms with van der Waals surface area (Å²) in [5.74, 6) is 0. The fraction of sp³-hybridized carbons (Fsp3) is 0.400. The van der Waals surface area contributed by atoms with Crippen LogP contribution in [0.2, 0.25) is 0 Å². The smallest absolute Gasteiger partial charge is 0.235 e. The van der Waals surface area contributed by atoms with Crippen LogP contribution in [0.15, 0.2) is 24.3 Å². The molecule has 1 aromatic carbocycles. The highest BCUT2D eigenvalue weighted by atomic mass is 32.2. The number of rotatable bonds is 4. The van der Waals surface area contributed by atoms with Gasteiger partial charge in [0.2, 0.25) is 10.0 Å². The van der Waals surface area contributed by atoms with Crippen LogP contribution in [-0.4, -0.2) is 13.7 Å². The second-order valence-electron chi connectivity index (χ2n) is 3.60. The molecule has 0 saturated heterocycles. The summed E-state index contributed by atoms with van der Waals surface area (Å²) in [4.78, 5) is 0. The number of benzene rings is 1. The molecule has 0 unspecified atom stereocenters. The van der Waals surface area contributed by atoms with Crippen molar-refractivity contribution in [2.45, 2.75) is 25.6 Å². The van der Waals surface area contributed by atoms with E-state index in [1.54, 1.807) is 38.1 Å². The van der Waals surface area contributed by atoms with Crippen LogP contribution in [0.1, 0.15) is 19.4 Å². The standard InChI is InChI=1S/C10H16N2O2S/c1-8(2)15(13,14)12-10-5-3-9(7-11)4-6-10/h3-6,8,12H,7,11H2,1-2H3. The van der Waals surface area contributed by atoms with Gasteiger partial charge in [-0.25, -0.2) is 8.42 Å². The molecule has 0 aliphatic carbocycles. The zero-order valence-electron chi connectivity index (χ0n) is 8.90. The summed E-state index contributed by atoms with van der Waals surface area (Å²) in [5.41, 5.74) is 6.98. The second-order valence-corrected chi connectivity index (χ2v) is 5.83. The van der Waals surface area contributed by atoms with Gasteiger partial charge in [0.25, 0.3) is 0 Å². The Labute approximate surface area is 90.5 Å². The van der Waals surface area contributed by atoms with Gasteiger partial charge < -0.3 is 5.73 Å². The highest BCUT2D eigenvalue weighted by Gasteiger charge is 2.14. The molecule has 0 fully saturated rings. The quantitative estimate of drug-likeness (QED) is 0.815. The average molecular weight is 228 g/mol. The summed E-state index contributed by atoms with van der Waals surface area (Å²) in [6.07, 6.45) is 0. The lowest BCUT2D eigenvalue weighted by Crippen LogP contribution is -2.22. The van der Waals surface area contributed by atoms with Crippen molar-refractivity contribution < 1.29 is 8.42 Å². The fourth-order valence-electron chi connectivity index (χ4n) is 0.991. The van der Waals surface area contributed by atoms with Gasteiger partial charge in [-0.15, -0.1) is 0 Å². The van der Waals surface area contributed by atoms with Crippen LogP contribution < -0.4 is 10.5 Å². The molecular weight excluding hydrogens is 212 g/mol. The molecule has 15 heavy (non-hydrogen) atoms. The maximum absolute atomic E-state index is 11.5. The number of nitrogens with one attached hydrogen (secondary N) is 1. The molecule has 3 N–H and O–H groups in total. The zero-order valence-corrected chi connectivity index (χ0v) is 9.71. The Balaban J connectivity index is 2.82. The van der Waals surface area contributed by atoms with Crippen LogP contribution in [-0.2, 0) is 16.6 Å². The maximum Gasteiger partial charge on any atom is 0.235 e. The van der Waals surface area contributed by atoms with Gasteiger partial charge in [-0.05, 0) is 31.5 Å². The molecule has 0 bridgehead atoms. The molecule has 1 aromatic rings. The molecule has 0 heterocycles. The van der Waals surface area contributed by atoms with Crippen LogP contribution >= 0.6 is 0 Å². The molecule has 0 radical (unpaired) electrons. The van der Waals surface area contributed by atoms with Crippen LogP contribution in [0.4, 0.5) is 5.69 Å². The molecule has 0 aliphatic heterocycles. The van der Waals surface area contributed by atoms with E-state index in [1.165, 1.54) is 0 Å². The summed E-state index contributed by atoms with van der Waals surface area (Å²) >= 11 is 0. The molecule has 4 nitrogen and oxygen atoms in total. The van der Waals surface area contributed by atoms with E-state index in [2.05, 4.69) is 4.72 Å². The van der Waals surface area contributed by atoms with Crippen LogP contribution in [0.25, 0.3) is 0 Å². The van der Waals surface area contributed by atoms with E-state index in [0.29, 0.717) is 12.2 Å². The van der Waals surface area contributed by atoms with Crippen molar-refractivity contribution in [3.05, 3.63) is 29.8 Å². The summed E-state index contributed by atoms with van der Waals surface area (Å²) in [6, 6.07) is 7.03. The van der Waals surface area contributed by atoms with Crippen molar-refractivity contribution in [2.75, 3.05) is 4.72 Å². The Bertz CT molecular complexity index is 410. The van der Waals surface area contributed by atoms with Crippen molar-refractivity contribution in [1.82, 2.24) is 0 Å². The third-order valence-corrected chi connectivity index (χ3v) is 3.83. The van der Waals surface area contributed by atoms with E-state index in [9.17, 15) is 8.42 Å². The first-order chi connectivity index (χ1) is 6.95. The Kier molecular flexibility index (Phi) is 3.71. The first-order valence-corrected chi connectivity index (χ1v) is 6.31. The number of sulfonamides is 1. The lowest BCUT2D eigenvalue weighted by atomic mass is 10.2. The van der Waals surface area contributed by atoms with Crippen LogP contribution in [0, 0.1) is 0 Å². The molecule has 0 aromatic heterocycles. The molecule has 5 heteroatoms. The number of anilines is 1. The van der Waals surface area contributed by atoms with E-state index in [-0.39, 0.29) is 0 Å². The maximum atomic E-state index is 11.5. The van der Waals surface area contributed by atoms with Crippen LogP contribution in [0.5, 0.6) is 0 Å². The second kappa shape index (κ2) is 4.63. The first-order valence-electron chi connectivity index (χ1n) is 4.76. The lowest BCUT2D eigenvalue weighted by molar-refractivity contribution is 0.593. The third kappa shape index (κ3) is 3.21. The summed E-state index contributed by atoms with van der Waals surface area (Å²) in [5, 5.41) is -0.438. The normalized spacial score (nSPS) is 11.7. The Morgan fingerprint density at radius 3 is 2.20 bits per heavy atom. The summed E-state index contributed by atoms with van der Waals surface area (Å²) in [6.45, 7) is 3.73. The van der Waals surface area contributed by atoms with Gasteiger partial charge in [0.1, 0.15) is 0 Å². The minimum atomic E-state index is -3.25. The zero-order chi connectivity index (χ0) is 11.5. The first kappa shape index (κ1) is 12.0. The van der Waals surface area contributed by atoms with Crippen molar-refractivity contribution in [2.24, 2.45) is 5.73 Å². The predicted molar refractivity (Wildman–Crippen MR) is 62.0 cm³/mol. The largest absolute Gasteiger partial charge is 0.326 e. The van der Waals surface area contributed by atoms with Gasteiger partial charge in [0.15, 0.2) is 0 Å². The van der Waals surface area contributed by atoms with E-state index in [0.717, 1.165) is 5.56 Å². The van der Waals surface area contributed by atoms with Crippen molar-refractivity contribution in [3.8, 4) is 0 Å². The number of hydrogen-bond donors (Lipinski definition) is 2. The summed E-state index contributed by atoms with van der Waals surface area (Å²) in [7, 11) is -3.25. The molecule has 0 saturated carbocycles. The minimum absolute atomic E-state index is 0.438. The number of nitrogens with two attached hydrogens (primary N) is 1. The van der Waals surface area contributed by atoms with Gasteiger partial charge in [-0.2, -0.15) is 0 Å².